The third-order valence-electron chi connectivity index (χ3n) is 4.75. The smallest absolute Gasteiger partial charge is 0.255 e. The van der Waals surface area contributed by atoms with Crippen LogP contribution in [0.25, 0.3) is 10.8 Å². The maximum atomic E-state index is 12.8. The minimum absolute atomic E-state index is 0.246. The van der Waals surface area contributed by atoms with Crippen LogP contribution in [0.15, 0.2) is 52.7 Å². The Hall–Kier alpha value is -2.42. The van der Waals surface area contributed by atoms with Crippen molar-refractivity contribution >= 4 is 38.0 Å². The van der Waals surface area contributed by atoms with E-state index in [-0.39, 0.29) is 16.7 Å². The molecule has 1 N–H and O–H groups in total. The van der Waals surface area contributed by atoms with Crippen LogP contribution in [0.2, 0.25) is 0 Å². The first-order valence-corrected chi connectivity index (χ1v) is 12.2. The lowest BCUT2D eigenvalue weighted by atomic mass is 10.1. The predicted octanol–water partition coefficient (Wildman–Crippen LogP) is 4.26. The summed E-state index contributed by atoms with van der Waals surface area (Å²) in [4.78, 5) is 13.6. The lowest BCUT2D eigenvalue weighted by molar-refractivity contribution is 0.0947. The molecule has 2 aromatic carbocycles. The highest BCUT2D eigenvalue weighted by atomic mass is 32.2. The van der Waals surface area contributed by atoms with Gasteiger partial charge in [0, 0.05) is 18.0 Å². The Balaban J connectivity index is 1.78. The Morgan fingerprint density at radius 1 is 1.03 bits per heavy atom. The van der Waals surface area contributed by atoms with E-state index in [1.54, 1.807) is 12.1 Å². The molecule has 1 amide bonds. The molecule has 0 aliphatic carbocycles. The molecule has 1 aromatic heterocycles. The maximum absolute atomic E-state index is 12.8. The van der Waals surface area contributed by atoms with Crippen LogP contribution in [0.1, 0.15) is 36.0 Å². The second-order valence-electron chi connectivity index (χ2n) is 6.62. The van der Waals surface area contributed by atoms with Gasteiger partial charge in [-0.25, -0.2) is 8.42 Å². The molecular formula is C22H26N2O4S2. The standard InChI is InChI=1S/C22H26N2O4S2/c1-4-24(5-2)30(26,27)21-12-11-18(29-21)15-23-22(25)19-13-16-9-7-8-10-17(16)14-20(19)28-6-3/h7-14H,4-6,15H2,1-3H3,(H,23,25). The molecule has 1 heterocycles. The number of fused-ring (bicyclic) bond motifs is 1. The molecule has 0 atom stereocenters. The van der Waals surface area contributed by atoms with Crippen LogP contribution in [-0.2, 0) is 16.6 Å². The highest BCUT2D eigenvalue weighted by molar-refractivity contribution is 7.91. The second kappa shape index (κ2) is 9.59. The van der Waals surface area contributed by atoms with Crippen LogP contribution in [0, 0.1) is 0 Å². The van der Waals surface area contributed by atoms with Gasteiger partial charge < -0.3 is 10.1 Å². The van der Waals surface area contributed by atoms with Crippen molar-refractivity contribution in [1.82, 2.24) is 9.62 Å². The Labute approximate surface area is 181 Å². The van der Waals surface area contributed by atoms with Gasteiger partial charge in [-0.3, -0.25) is 4.79 Å². The quantitative estimate of drug-likeness (QED) is 0.533. The Morgan fingerprint density at radius 2 is 1.70 bits per heavy atom. The van der Waals surface area contributed by atoms with E-state index in [2.05, 4.69) is 5.32 Å². The van der Waals surface area contributed by atoms with Gasteiger partial charge in [0.1, 0.15) is 9.96 Å². The monoisotopic (exact) mass is 446 g/mol. The maximum Gasteiger partial charge on any atom is 0.255 e. The Bertz CT molecular complexity index is 1130. The highest BCUT2D eigenvalue weighted by Gasteiger charge is 2.23. The van der Waals surface area contributed by atoms with Gasteiger partial charge in [-0.2, -0.15) is 4.31 Å². The normalized spacial score (nSPS) is 11.7. The van der Waals surface area contributed by atoms with E-state index in [9.17, 15) is 13.2 Å². The van der Waals surface area contributed by atoms with Gasteiger partial charge in [0.2, 0.25) is 0 Å². The zero-order chi connectivity index (χ0) is 21.7. The number of sulfonamides is 1. The minimum Gasteiger partial charge on any atom is -0.493 e. The minimum atomic E-state index is -3.49. The first-order valence-electron chi connectivity index (χ1n) is 9.93. The number of rotatable bonds is 9. The molecule has 0 spiro atoms. The van der Waals surface area contributed by atoms with E-state index in [0.717, 1.165) is 15.6 Å². The summed E-state index contributed by atoms with van der Waals surface area (Å²) in [6.07, 6.45) is 0. The van der Waals surface area contributed by atoms with Crippen LogP contribution in [-0.4, -0.2) is 38.3 Å². The van der Waals surface area contributed by atoms with Crippen LogP contribution >= 0.6 is 11.3 Å². The largest absolute Gasteiger partial charge is 0.493 e. The number of thiophene rings is 1. The Morgan fingerprint density at radius 3 is 2.33 bits per heavy atom. The van der Waals surface area contributed by atoms with E-state index in [0.29, 0.717) is 31.0 Å². The molecule has 6 nitrogen and oxygen atoms in total. The van der Waals surface area contributed by atoms with Gasteiger partial charge in [-0.05, 0) is 42.0 Å². The fourth-order valence-corrected chi connectivity index (χ4v) is 6.12. The van der Waals surface area contributed by atoms with Crippen LogP contribution in [0.3, 0.4) is 0 Å². The van der Waals surface area contributed by atoms with Gasteiger partial charge in [0.05, 0.1) is 18.7 Å². The van der Waals surface area contributed by atoms with E-state index >= 15 is 0 Å². The zero-order valence-corrected chi connectivity index (χ0v) is 19.0. The molecule has 0 fully saturated rings. The van der Waals surface area contributed by atoms with E-state index < -0.39 is 10.0 Å². The van der Waals surface area contributed by atoms with Crippen molar-refractivity contribution in [1.29, 1.82) is 0 Å². The molecule has 0 radical (unpaired) electrons. The van der Waals surface area contributed by atoms with E-state index in [4.69, 9.17) is 4.74 Å². The van der Waals surface area contributed by atoms with Crippen molar-refractivity contribution in [3.05, 3.63) is 59.0 Å². The summed E-state index contributed by atoms with van der Waals surface area (Å²) in [5, 5.41) is 4.84. The molecular weight excluding hydrogens is 420 g/mol. The number of ether oxygens (including phenoxy) is 1. The fraction of sp³-hybridized carbons (Fsp3) is 0.318. The highest BCUT2D eigenvalue weighted by Crippen LogP contribution is 2.27. The molecule has 0 bridgehead atoms. The summed E-state index contributed by atoms with van der Waals surface area (Å²) < 4.78 is 32.7. The summed E-state index contributed by atoms with van der Waals surface area (Å²) in [6.45, 7) is 7.05. The average Bonchev–Trinajstić information content (AvgIpc) is 3.22. The molecule has 0 aliphatic heterocycles. The summed E-state index contributed by atoms with van der Waals surface area (Å²) >= 11 is 1.18. The van der Waals surface area contributed by atoms with Crippen LogP contribution in [0.5, 0.6) is 5.75 Å². The number of carbonyl (C=O) groups is 1. The topological polar surface area (TPSA) is 75.7 Å². The second-order valence-corrected chi connectivity index (χ2v) is 9.95. The Kier molecular flexibility index (Phi) is 7.12. The summed E-state index contributed by atoms with van der Waals surface area (Å²) in [6, 6.07) is 14.8. The van der Waals surface area contributed by atoms with Gasteiger partial charge in [0.25, 0.3) is 15.9 Å². The van der Waals surface area contributed by atoms with Crippen molar-refractivity contribution in [3.63, 3.8) is 0 Å². The van der Waals surface area contributed by atoms with Crippen molar-refractivity contribution in [2.75, 3.05) is 19.7 Å². The molecule has 0 saturated heterocycles. The number of hydrogen-bond donors (Lipinski definition) is 1. The number of benzene rings is 2. The fourth-order valence-electron chi connectivity index (χ4n) is 3.22. The first-order chi connectivity index (χ1) is 14.4. The van der Waals surface area contributed by atoms with Crippen molar-refractivity contribution in [2.45, 2.75) is 31.5 Å². The molecule has 30 heavy (non-hydrogen) atoms. The van der Waals surface area contributed by atoms with Gasteiger partial charge in [-0.1, -0.05) is 38.1 Å². The van der Waals surface area contributed by atoms with Crippen molar-refractivity contribution in [2.24, 2.45) is 0 Å². The molecule has 0 saturated carbocycles. The summed E-state index contributed by atoms with van der Waals surface area (Å²) in [5.74, 6) is 0.274. The van der Waals surface area contributed by atoms with E-state index in [1.807, 2.05) is 57.2 Å². The number of nitrogens with zero attached hydrogens (tertiary/aromatic N) is 1. The molecule has 3 aromatic rings. The van der Waals surface area contributed by atoms with E-state index in [1.165, 1.54) is 15.6 Å². The molecule has 8 heteroatoms. The van der Waals surface area contributed by atoms with Gasteiger partial charge >= 0.3 is 0 Å². The third-order valence-corrected chi connectivity index (χ3v) is 8.35. The molecule has 0 aliphatic rings. The van der Waals surface area contributed by atoms with Crippen molar-refractivity contribution < 1.29 is 17.9 Å². The number of amides is 1. The summed E-state index contributed by atoms with van der Waals surface area (Å²) in [7, 11) is -3.49. The predicted molar refractivity (Wildman–Crippen MR) is 121 cm³/mol. The van der Waals surface area contributed by atoms with Gasteiger partial charge in [-0.15, -0.1) is 11.3 Å². The number of carbonyl (C=O) groups excluding carboxylic acids is 1. The molecule has 0 unspecified atom stereocenters. The number of hydrogen-bond acceptors (Lipinski definition) is 5. The summed E-state index contributed by atoms with van der Waals surface area (Å²) in [5.41, 5.74) is 0.461. The molecule has 160 valence electrons. The lowest BCUT2D eigenvalue weighted by Crippen LogP contribution is -2.30. The molecule has 3 rings (SSSR count). The lowest BCUT2D eigenvalue weighted by Gasteiger charge is -2.16. The third kappa shape index (κ3) is 4.66. The number of nitrogens with one attached hydrogen (secondary N) is 1. The first kappa shape index (κ1) is 22.3. The van der Waals surface area contributed by atoms with Gasteiger partial charge in [0.15, 0.2) is 0 Å². The average molecular weight is 447 g/mol. The van der Waals surface area contributed by atoms with Crippen LogP contribution in [0.4, 0.5) is 0 Å². The SMILES string of the molecule is CCOc1cc2ccccc2cc1C(=O)NCc1ccc(S(=O)(=O)N(CC)CC)s1. The van der Waals surface area contributed by atoms with Crippen molar-refractivity contribution in [3.8, 4) is 5.75 Å². The zero-order valence-electron chi connectivity index (χ0n) is 17.3. The van der Waals surface area contributed by atoms with Crippen LogP contribution < -0.4 is 10.1 Å².